The summed E-state index contributed by atoms with van der Waals surface area (Å²) in [7, 11) is 0. The van der Waals surface area contributed by atoms with E-state index in [0.717, 1.165) is 18.7 Å². The zero-order valence-corrected chi connectivity index (χ0v) is 8.47. The Morgan fingerprint density at radius 1 is 1.77 bits per heavy atom. The van der Waals surface area contributed by atoms with E-state index < -0.39 is 0 Å². The Labute approximate surface area is 82.4 Å². The van der Waals surface area contributed by atoms with Gasteiger partial charge in [0.1, 0.15) is 0 Å². The number of nitrogens with one attached hydrogen (secondary N) is 1. The van der Waals surface area contributed by atoms with Crippen molar-refractivity contribution in [2.45, 2.75) is 32.4 Å². The fraction of sp³-hybridized carbons (Fsp3) is 0.556. The molecule has 1 rings (SSSR count). The predicted molar refractivity (Wildman–Crippen MR) is 53.3 cm³/mol. The minimum Gasteiger partial charge on any atom is -0.307 e. The van der Waals surface area contributed by atoms with E-state index in [9.17, 15) is 0 Å². The summed E-state index contributed by atoms with van der Waals surface area (Å²) >= 11 is 1.60. The number of nitriles is 1. The first-order valence-electron chi connectivity index (χ1n) is 4.34. The monoisotopic (exact) mass is 195 g/mol. The SMILES string of the molecule is CCC(CC#N)NCc1cscn1. The van der Waals surface area contributed by atoms with Crippen molar-refractivity contribution in [1.29, 1.82) is 5.26 Å². The quantitative estimate of drug-likeness (QED) is 0.781. The van der Waals surface area contributed by atoms with Crippen molar-refractivity contribution in [3.63, 3.8) is 0 Å². The molecule has 1 unspecified atom stereocenters. The first kappa shape index (κ1) is 10.2. The highest BCUT2D eigenvalue weighted by molar-refractivity contribution is 7.07. The summed E-state index contributed by atoms with van der Waals surface area (Å²) in [6.45, 7) is 2.85. The van der Waals surface area contributed by atoms with Crippen LogP contribution in [0, 0.1) is 11.3 Å². The number of aromatic nitrogens is 1. The van der Waals surface area contributed by atoms with Gasteiger partial charge >= 0.3 is 0 Å². The normalized spacial score (nSPS) is 12.3. The molecular weight excluding hydrogens is 182 g/mol. The van der Waals surface area contributed by atoms with E-state index in [4.69, 9.17) is 5.26 Å². The van der Waals surface area contributed by atoms with Crippen LogP contribution in [0.4, 0.5) is 0 Å². The van der Waals surface area contributed by atoms with Crippen LogP contribution in [0.1, 0.15) is 25.5 Å². The lowest BCUT2D eigenvalue weighted by atomic mass is 10.1. The molecule has 0 bridgehead atoms. The van der Waals surface area contributed by atoms with E-state index in [-0.39, 0.29) is 0 Å². The van der Waals surface area contributed by atoms with E-state index in [0.29, 0.717) is 12.5 Å². The number of hydrogen-bond acceptors (Lipinski definition) is 4. The van der Waals surface area contributed by atoms with Crippen LogP contribution >= 0.6 is 11.3 Å². The summed E-state index contributed by atoms with van der Waals surface area (Å²) < 4.78 is 0. The number of rotatable bonds is 5. The molecule has 13 heavy (non-hydrogen) atoms. The third-order valence-corrected chi connectivity index (χ3v) is 2.52. The van der Waals surface area contributed by atoms with Gasteiger partial charge < -0.3 is 5.32 Å². The maximum absolute atomic E-state index is 8.52. The largest absolute Gasteiger partial charge is 0.307 e. The molecule has 1 atom stereocenters. The van der Waals surface area contributed by atoms with Crippen LogP contribution in [-0.4, -0.2) is 11.0 Å². The Balaban J connectivity index is 2.28. The summed E-state index contributed by atoms with van der Waals surface area (Å²) in [5, 5.41) is 13.8. The number of thiazole rings is 1. The van der Waals surface area contributed by atoms with Gasteiger partial charge in [-0.15, -0.1) is 11.3 Å². The second-order valence-corrected chi connectivity index (χ2v) is 3.55. The molecule has 0 saturated heterocycles. The maximum Gasteiger partial charge on any atom is 0.0795 e. The number of nitrogens with zero attached hydrogens (tertiary/aromatic N) is 2. The molecule has 0 aliphatic rings. The highest BCUT2D eigenvalue weighted by Gasteiger charge is 2.04. The first-order chi connectivity index (χ1) is 6.36. The third kappa shape index (κ3) is 3.53. The van der Waals surface area contributed by atoms with E-state index in [2.05, 4.69) is 23.3 Å². The molecule has 0 aliphatic carbocycles. The highest BCUT2D eigenvalue weighted by atomic mass is 32.1. The molecular formula is C9H13N3S. The Morgan fingerprint density at radius 2 is 2.62 bits per heavy atom. The fourth-order valence-corrected chi connectivity index (χ4v) is 1.60. The first-order valence-corrected chi connectivity index (χ1v) is 5.28. The smallest absolute Gasteiger partial charge is 0.0795 e. The van der Waals surface area contributed by atoms with Gasteiger partial charge in [0.25, 0.3) is 0 Å². The second-order valence-electron chi connectivity index (χ2n) is 2.83. The molecule has 1 heterocycles. The molecule has 0 aliphatic heterocycles. The lowest BCUT2D eigenvalue weighted by Gasteiger charge is -2.11. The fourth-order valence-electron chi connectivity index (χ4n) is 1.04. The molecule has 1 aromatic rings. The highest BCUT2D eigenvalue weighted by Crippen LogP contribution is 2.02. The second kappa shape index (κ2) is 5.68. The van der Waals surface area contributed by atoms with Crippen LogP contribution in [0.25, 0.3) is 0 Å². The molecule has 3 nitrogen and oxygen atoms in total. The Hall–Kier alpha value is -0.920. The van der Waals surface area contributed by atoms with Crippen LogP contribution in [0.15, 0.2) is 10.9 Å². The zero-order valence-electron chi connectivity index (χ0n) is 7.66. The van der Waals surface area contributed by atoms with Crippen molar-refractivity contribution in [2.24, 2.45) is 0 Å². The van der Waals surface area contributed by atoms with Gasteiger partial charge in [0.05, 0.1) is 23.7 Å². The van der Waals surface area contributed by atoms with Crippen molar-refractivity contribution in [3.05, 3.63) is 16.6 Å². The van der Waals surface area contributed by atoms with Crippen molar-refractivity contribution >= 4 is 11.3 Å². The van der Waals surface area contributed by atoms with Gasteiger partial charge in [0, 0.05) is 18.0 Å². The summed E-state index contributed by atoms with van der Waals surface area (Å²) in [5.74, 6) is 0. The molecule has 0 radical (unpaired) electrons. The maximum atomic E-state index is 8.52. The molecule has 1 aromatic heterocycles. The van der Waals surface area contributed by atoms with Gasteiger partial charge in [0.15, 0.2) is 0 Å². The minimum absolute atomic E-state index is 0.298. The molecule has 0 aromatic carbocycles. The standard InChI is InChI=1S/C9H13N3S/c1-2-8(3-4-10)11-5-9-6-13-7-12-9/h6-8,11H,2-3,5H2,1H3. The van der Waals surface area contributed by atoms with Gasteiger partial charge in [0.2, 0.25) is 0 Å². The van der Waals surface area contributed by atoms with E-state index >= 15 is 0 Å². The lowest BCUT2D eigenvalue weighted by Crippen LogP contribution is -2.27. The summed E-state index contributed by atoms with van der Waals surface area (Å²) in [6.07, 6.45) is 1.55. The minimum atomic E-state index is 0.298. The van der Waals surface area contributed by atoms with E-state index in [1.54, 1.807) is 11.3 Å². The average Bonchev–Trinajstić information content (AvgIpc) is 2.64. The topological polar surface area (TPSA) is 48.7 Å². The van der Waals surface area contributed by atoms with Crippen LogP contribution in [0.2, 0.25) is 0 Å². The summed E-state index contributed by atoms with van der Waals surface area (Å²) in [5.41, 5.74) is 2.88. The molecule has 70 valence electrons. The van der Waals surface area contributed by atoms with E-state index in [1.165, 1.54) is 0 Å². The van der Waals surface area contributed by atoms with Gasteiger partial charge in [-0.3, -0.25) is 0 Å². The molecule has 0 amide bonds. The van der Waals surface area contributed by atoms with Gasteiger partial charge in [-0.2, -0.15) is 5.26 Å². The van der Waals surface area contributed by atoms with Gasteiger partial charge in [-0.05, 0) is 6.42 Å². The Morgan fingerprint density at radius 3 is 3.15 bits per heavy atom. The lowest BCUT2D eigenvalue weighted by molar-refractivity contribution is 0.501. The molecule has 0 spiro atoms. The molecule has 0 fully saturated rings. The summed E-state index contributed by atoms with van der Waals surface area (Å²) in [4.78, 5) is 4.16. The Bertz CT molecular complexity index is 263. The molecule has 0 saturated carbocycles. The van der Waals surface area contributed by atoms with Gasteiger partial charge in [-0.25, -0.2) is 4.98 Å². The van der Waals surface area contributed by atoms with Crippen LogP contribution in [0.3, 0.4) is 0 Å². The van der Waals surface area contributed by atoms with Crippen LogP contribution < -0.4 is 5.32 Å². The van der Waals surface area contributed by atoms with Crippen molar-refractivity contribution in [3.8, 4) is 6.07 Å². The Kier molecular flexibility index (Phi) is 4.44. The molecule has 1 N–H and O–H groups in total. The zero-order chi connectivity index (χ0) is 9.52. The van der Waals surface area contributed by atoms with Crippen molar-refractivity contribution in [1.82, 2.24) is 10.3 Å². The van der Waals surface area contributed by atoms with Crippen LogP contribution in [0.5, 0.6) is 0 Å². The number of hydrogen-bond donors (Lipinski definition) is 1. The molecule has 4 heteroatoms. The average molecular weight is 195 g/mol. The van der Waals surface area contributed by atoms with Crippen LogP contribution in [-0.2, 0) is 6.54 Å². The third-order valence-electron chi connectivity index (χ3n) is 1.89. The van der Waals surface area contributed by atoms with E-state index in [1.807, 2.05) is 10.9 Å². The summed E-state index contributed by atoms with van der Waals surface area (Å²) in [6, 6.07) is 2.47. The van der Waals surface area contributed by atoms with Crippen molar-refractivity contribution in [2.75, 3.05) is 0 Å². The predicted octanol–water partition coefficient (Wildman–Crippen LogP) is 1.92. The van der Waals surface area contributed by atoms with Gasteiger partial charge in [-0.1, -0.05) is 6.92 Å². The van der Waals surface area contributed by atoms with Crippen molar-refractivity contribution < 1.29 is 0 Å².